The highest BCUT2D eigenvalue weighted by molar-refractivity contribution is 5.66. The molecule has 0 saturated carbocycles. The van der Waals surface area contributed by atoms with Gasteiger partial charge in [-0.2, -0.15) is 5.26 Å². The van der Waals surface area contributed by atoms with Gasteiger partial charge in [-0.1, -0.05) is 0 Å². The molecule has 0 saturated heterocycles. The summed E-state index contributed by atoms with van der Waals surface area (Å²) in [4.78, 5) is 8.66. The summed E-state index contributed by atoms with van der Waals surface area (Å²) in [7, 11) is 0. The van der Waals surface area contributed by atoms with Crippen LogP contribution in [-0.4, -0.2) is 14.4 Å². The van der Waals surface area contributed by atoms with Gasteiger partial charge in [0, 0.05) is 24.2 Å². The van der Waals surface area contributed by atoms with Gasteiger partial charge < -0.3 is 4.40 Å². The van der Waals surface area contributed by atoms with E-state index >= 15 is 0 Å². The largest absolute Gasteiger partial charge is 0.302 e. The lowest BCUT2D eigenvalue weighted by molar-refractivity contribution is 1.05. The maximum absolute atomic E-state index is 9.02. The number of hydrogen-bond donors (Lipinski definition) is 0. The highest BCUT2D eigenvalue weighted by Crippen LogP contribution is 2.24. The van der Waals surface area contributed by atoms with E-state index in [0.29, 0.717) is 6.42 Å². The molecule has 19 heavy (non-hydrogen) atoms. The number of pyridine rings is 2. The van der Waals surface area contributed by atoms with Crippen LogP contribution in [0.3, 0.4) is 0 Å². The molecule has 3 aromatic rings. The Labute approximate surface area is 111 Å². The third-order valence-electron chi connectivity index (χ3n) is 3.08. The summed E-state index contributed by atoms with van der Waals surface area (Å²) in [5.74, 6) is 0. The molecule has 0 aliphatic carbocycles. The summed E-state index contributed by atoms with van der Waals surface area (Å²) >= 11 is 0. The van der Waals surface area contributed by atoms with Gasteiger partial charge in [-0.05, 0) is 36.8 Å². The molecule has 0 radical (unpaired) electrons. The van der Waals surface area contributed by atoms with Crippen LogP contribution in [0.5, 0.6) is 0 Å². The Morgan fingerprint density at radius 2 is 2.05 bits per heavy atom. The van der Waals surface area contributed by atoms with Crippen LogP contribution < -0.4 is 0 Å². The number of aryl methyl sites for hydroxylation is 1. The zero-order valence-electron chi connectivity index (χ0n) is 10.5. The van der Waals surface area contributed by atoms with Gasteiger partial charge >= 0.3 is 0 Å². The van der Waals surface area contributed by atoms with Crippen molar-refractivity contribution in [2.24, 2.45) is 0 Å². The van der Waals surface area contributed by atoms with Gasteiger partial charge in [-0.15, -0.1) is 0 Å². The van der Waals surface area contributed by atoms with Crippen molar-refractivity contribution in [3.05, 3.63) is 54.1 Å². The highest BCUT2D eigenvalue weighted by atomic mass is 15.0. The second-order valence-electron chi connectivity index (χ2n) is 4.41. The fourth-order valence-corrected chi connectivity index (χ4v) is 2.18. The Morgan fingerprint density at radius 1 is 1.26 bits per heavy atom. The first kappa shape index (κ1) is 11.4. The maximum atomic E-state index is 9.02. The monoisotopic (exact) mass is 248 g/mol. The van der Waals surface area contributed by atoms with Crippen molar-refractivity contribution in [3.8, 4) is 17.3 Å². The minimum Gasteiger partial charge on any atom is -0.302 e. The molecule has 0 aliphatic rings. The SMILES string of the molecule is Cc1ccn2c(CC#N)c(-c3ccncc3)nc2c1. The Hall–Kier alpha value is -2.67. The standard InChI is InChI=1S/C15H12N4/c1-11-5-9-19-13(2-6-16)15(18-14(19)10-11)12-3-7-17-8-4-12/h3-5,7-10H,2H2,1H3. The van der Waals surface area contributed by atoms with Crippen molar-refractivity contribution < 1.29 is 0 Å². The minimum atomic E-state index is 0.335. The molecule has 3 rings (SSSR count). The van der Waals surface area contributed by atoms with Crippen molar-refractivity contribution in [3.63, 3.8) is 0 Å². The molecule has 3 aromatic heterocycles. The Bertz CT molecular complexity index is 766. The first-order chi connectivity index (χ1) is 9.29. The lowest BCUT2D eigenvalue weighted by Gasteiger charge is -2.01. The van der Waals surface area contributed by atoms with Crippen LogP contribution in [0.2, 0.25) is 0 Å². The van der Waals surface area contributed by atoms with Gasteiger partial charge in [0.05, 0.1) is 23.9 Å². The van der Waals surface area contributed by atoms with Crippen LogP contribution in [0.15, 0.2) is 42.9 Å². The molecule has 0 fully saturated rings. The summed E-state index contributed by atoms with van der Waals surface area (Å²) in [5.41, 5.74) is 4.79. The molecule has 0 unspecified atom stereocenters. The molecule has 0 atom stereocenters. The molecule has 0 bridgehead atoms. The van der Waals surface area contributed by atoms with Gasteiger partial charge in [0.2, 0.25) is 0 Å². The zero-order valence-corrected chi connectivity index (χ0v) is 10.5. The molecule has 92 valence electrons. The molecule has 4 heteroatoms. The van der Waals surface area contributed by atoms with Gasteiger partial charge in [0.1, 0.15) is 5.65 Å². The number of rotatable bonds is 2. The van der Waals surface area contributed by atoms with E-state index in [2.05, 4.69) is 16.0 Å². The van der Waals surface area contributed by atoms with Gasteiger partial charge in [-0.3, -0.25) is 4.98 Å². The van der Waals surface area contributed by atoms with E-state index in [9.17, 15) is 0 Å². The molecule has 0 spiro atoms. The van der Waals surface area contributed by atoms with Crippen LogP contribution >= 0.6 is 0 Å². The summed E-state index contributed by atoms with van der Waals surface area (Å²) in [6.07, 6.45) is 5.78. The number of hydrogen-bond acceptors (Lipinski definition) is 3. The third kappa shape index (κ3) is 1.95. The Balaban J connectivity index is 2.29. The van der Waals surface area contributed by atoms with E-state index in [-0.39, 0.29) is 0 Å². The fraction of sp³-hybridized carbons (Fsp3) is 0.133. The highest BCUT2D eigenvalue weighted by Gasteiger charge is 2.13. The lowest BCUT2D eigenvalue weighted by Crippen LogP contribution is -1.93. The normalized spacial score (nSPS) is 10.5. The Kier molecular flexibility index (Phi) is 2.73. The van der Waals surface area contributed by atoms with Crippen LogP contribution in [0.25, 0.3) is 16.9 Å². The van der Waals surface area contributed by atoms with Gasteiger partial charge in [-0.25, -0.2) is 4.98 Å². The van der Waals surface area contributed by atoms with Gasteiger partial charge in [0.15, 0.2) is 0 Å². The number of nitriles is 1. The van der Waals surface area contributed by atoms with Crippen molar-refractivity contribution >= 4 is 5.65 Å². The zero-order chi connectivity index (χ0) is 13.2. The van der Waals surface area contributed by atoms with Crippen LogP contribution in [0, 0.1) is 18.3 Å². The van der Waals surface area contributed by atoms with Crippen LogP contribution in [-0.2, 0) is 6.42 Å². The van der Waals surface area contributed by atoms with Crippen LogP contribution in [0.1, 0.15) is 11.3 Å². The maximum Gasteiger partial charge on any atom is 0.137 e. The topological polar surface area (TPSA) is 54.0 Å². The Morgan fingerprint density at radius 3 is 2.79 bits per heavy atom. The predicted molar refractivity (Wildman–Crippen MR) is 72.5 cm³/mol. The molecule has 0 aromatic carbocycles. The van der Waals surface area contributed by atoms with Crippen molar-refractivity contribution in [1.82, 2.24) is 14.4 Å². The average Bonchev–Trinajstić information content (AvgIpc) is 2.78. The minimum absolute atomic E-state index is 0.335. The van der Waals surface area contributed by atoms with Crippen LogP contribution in [0.4, 0.5) is 0 Å². The number of fused-ring (bicyclic) bond motifs is 1. The summed E-state index contributed by atoms with van der Waals surface area (Å²) in [5, 5.41) is 9.02. The third-order valence-corrected chi connectivity index (χ3v) is 3.08. The second kappa shape index (κ2) is 4.54. The molecular weight excluding hydrogens is 236 g/mol. The smallest absolute Gasteiger partial charge is 0.137 e. The van der Waals surface area contributed by atoms with E-state index in [1.807, 2.05) is 41.8 Å². The molecule has 0 N–H and O–H groups in total. The summed E-state index contributed by atoms with van der Waals surface area (Å²) in [6.45, 7) is 2.03. The van der Waals surface area contributed by atoms with Crippen molar-refractivity contribution in [2.45, 2.75) is 13.3 Å². The average molecular weight is 248 g/mol. The molecule has 0 aliphatic heterocycles. The first-order valence-corrected chi connectivity index (χ1v) is 6.04. The van der Waals surface area contributed by atoms with E-state index in [1.54, 1.807) is 12.4 Å². The quantitative estimate of drug-likeness (QED) is 0.700. The first-order valence-electron chi connectivity index (χ1n) is 6.04. The predicted octanol–water partition coefficient (Wildman–Crippen LogP) is 2.77. The number of imidazole rings is 1. The van der Waals surface area contributed by atoms with Crippen molar-refractivity contribution in [2.75, 3.05) is 0 Å². The van der Waals surface area contributed by atoms with E-state index in [0.717, 1.165) is 28.2 Å². The van der Waals surface area contributed by atoms with E-state index < -0.39 is 0 Å². The fourth-order valence-electron chi connectivity index (χ4n) is 2.18. The molecule has 3 heterocycles. The van der Waals surface area contributed by atoms with E-state index in [4.69, 9.17) is 5.26 Å². The van der Waals surface area contributed by atoms with Gasteiger partial charge in [0.25, 0.3) is 0 Å². The molecule has 0 amide bonds. The summed E-state index contributed by atoms with van der Waals surface area (Å²) in [6, 6.07) is 10.1. The molecule has 4 nitrogen and oxygen atoms in total. The van der Waals surface area contributed by atoms with E-state index in [1.165, 1.54) is 0 Å². The molecular formula is C15H12N4. The lowest BCUT2D eigenvalue weighted by atomic mass is 10.1. The summed E-state index contributed by atoms with van der Waals surface area (Å²) < 4.78 is 1.98. The number of aromatic nitrogens is 3. The van der Waals surface area contributed by atoms with Crippen molar-refractivity contribution in [1.29, 1.82) is 5.26 Å². The second-order valence-corrected chi connectivity index (χ2v) is 4.41. The number of nitrogens with zero attached hydrogens (tertiary/aromatic N) is 4.